The molecular weight excluding hydrogens is 1120 g/mol. The van der Waals surface area contributed by atoms with Crippen molar-refractivity contribution in [2.24, 2.45) is 47.3 Å². The maximum atomic E-state index is 12.4. The topological polar surface area (TPSA) is 38.7 Å². The van der Waals surface area contributed by atoms with Crippen LogP contribution >= 0.6 is 11.3 Å². The summed E-state index contributed by atoms with van der Waals surface area (Å²) in [5.74, 6) is 7.91. The van der Waals surface area contributed by atoms with Crippen LogP contribution in [0.3, 0.4) is 0 Å². The molecule has 0 spiro atoms. The zero-order valence-corrected chi connectivity index (χ0v) is 58.6. The monoisotopic (exact) mass is 1250 g/mol. The van der Waals surface area contributed by atoms with Crippen LogP contribution in [0.4, 0.5) is 4.39 Å². The van der Waals surface area contributed by atoms with E-state index in [1.807, 2.05) is 59.9 Å². The molecule has 1 N–H and O–H groups in total. The number of halogens is 1. The number of thiophene rings is 1. The molecule has 0 saturated carbocycles. The third-order valence-corrected chi connectivity index (χ3v) is 13.8. The number of phenols is 1. The first kappa shape index (κ1) is 87.8. The number of hydrogen-bond acceptors (Lipinski definition) is 4. The van der Waals surface area contributed by atoms with Crippen LogP contribution in [0.15, 0.2) is 193 Å². The predicted octanol–water partition coefficient (Wildman–Crippen LogP) is 25.5. The van der Waals surface area contributed by atoms with Gasteiger partial charge in [0.15, 0.2) is 0 Å². The van der Waals surface area contributed by atoms with Crippen molar-refractivity contribution in [2.75, 3.05) is 14.2 Å². The third-order valence-electron chi connectivity index (χ3n) is 12.9. The minimum absolute atomic E-state index is 0. The molecule has 0 amide bonds. The summed E-state index contributed by atoms with van der Waals surface area (Å²) >= 11 is 1.85. The summed E-state index contributed by atoms with van der Waals surface area (Å²) in [7, 11) is 3.39. The molecule has 8 rings (SSSR count). The van der Waals surface area contributed by atoms with E-state index in [1.54, 1.807) is 26.4 Å². The highest BCUT2D eigenvalue weighted by atomic mass is 32.1. The largest absolute Gasteiger partial charge is 0.508 e. The Bertz CT molecular complexity index is 2620. The second kappa shape index (κ2) is 52.2. The number of benzene rings is 7. The van der Waals surface area contributed by atoms with Crippen LogP contribution < -0.4 is 9.47 Å². The summed E-state index contributed by atoms with van der Waals surface area (Å²) in [6.45, 7) is 39.8. The molecule has 0 radical (unpaired) electrons. The molecule has 8 aromatic rings. The molecule has 0 saturated heterocycles. The van der Waals surface area contributed by atoms with E-state index in [0.717, 1.165) is 66.8 Å². The van der Waals surface area contributed by atoms with E-state index >= 15 is 0 Å². The summed E-state index contributed by atoms with van der Waals surface area (Å²) in [6, 6.07) is 63.1. The summed E-state index contributed by atoms with van der Waals surface area (Å²) in [4.78, 5) is 1.50. The van der Waals surface area contributed by atoms with Gasteiger partial charge in [-0.3, -0.25) is 0 Å². The summed E-state index contributed by atoms with van der Waals surface area (Å²) in [5.41, 5.74) is 12.3. The Morgan fingerprint density at radius 2 is 0.622 bits per heavy atom. The smallest absolute Gasteiger partial charge is 0.123 e. The van der Waals surface area contributed by atoms with Gasteiger partial charge in [-0.05, 0) is 211 Å². The second-order valence-corrected chi connectivity index (χ2v) is 27.3. The highest BCUT2D eigenvalue weighted by molar-refractivity contribution is 7.09. The van der Waals surface area contributed by atoms with Gasteiger partial charge in [-0.25, -0.2) is 4.39 Å². The van der Waals surface area contributed by atoms with E-state index < -0.39 is 0 Å². The van der Waals surface area contributed by atoms with Crippen LogP contribution in [0.1, 0.15) is 188 Å². The Hall–Kier alpha value is -6.43. The van der Waals surface area contributed by atoms with Gasteiger partial charge in [0.25, 0.3) is 0 Å². The number of hydrogen-bond donors (Lipinski definition) is 1. The van der Waals surface area contributed by atoms with Gasteiger partial charge in [-0.15, -0.1) is 11.3 Å². The molecule has 0 fully saturated rings. The molecule has 1 heterocycles. The number of ether oxygens (including phenoxy) is 2. The maximum Gasteiger partial charge on any atom is 0.123 e. The van der Waals surface area contributed by atoms with Crippen LogP contribution in [0.25, 0.3) is 0 Å². The first-order valence-corrected chi connectivity index (χ1v) is 33.1. The standard InChI is InChI=1S/2C11H16O.2C11H16.C10H13F.C10H14O.C10H14.C8H12S.3CH4/c1-9(2)8-10-4-6-11(12-3)7-5-10;1-9(2)7-10-5-4-6-11(8-10)12-3;2*1-9(2)8-11-6-4-10(3)5-7-11;2*1-8(2)7-9-3-5-10(11)6-4-9;1-9(2)8-10-6-4-3-5-7-10;1-7(2)6-8-4-3-5-9-8;;;/h4-7,9H,8H2,1-3H3;4-6,8-9H,7H2,1-3H3;2*4-7,9H,8H2,1-3H3;3-6,8H,7H2,1-2H3;3-6,8,11H,7H2,1-2H3;3-7,9H,8H2,1-2H3;3-5,7H,6H2,1-2H3;3*1H4. The van der Waals surface area contributed by atoms with E-state index in [-0.39, 0.29) is 28.1 Å². The van der Waals surface area contributed by atoms with Crippen molar-refractivity contribution < 1.29 is 19.0 Å². The number of aromatic hydroxyl groups is 1. The lowest BCUT2D eigenvalue weighted by Crippen LogP contribution is -1.94. The maximum absolute atomic E-state index is 12.4. The van der Waals surface area contributed by atoms with Crippen molar-refractivity contribution in [3.63, 3.8) is 0 Å². The van der Waals surface area contributed by atoms with Crippen LogP contribution in [0.5, 0.6) is 17.2 Å². The van der Waals surface area contributed by atoms with Gasteiger partial charge in [0.1, 0.15) is 23.1 Å². The number of aryl methyl sites for hydroxylation is 2. The van der Waals surface area contributed by atoms with Gasteiger partial charge in [0.2, 0.25) is 0 Å². The van der Waals surface area contributed by atoms with Gasteiger partial charge >= 0.3 is 0 Å². The highest BCUT2D eigenvalue weighted by Gasteiger charge is 2.03. The van der Waals surface area contributed by atoms with E-state index in [4.69, 9.17) is 14.6 Å². The lowest BCUT2D eigenvalue weighted by Gasteiger charge is -2.06. The Kier molecular flexibility index (Phi) is 50.9. The van der Waals surface area contributed by atoms with Gasteiger partial charge in [0, 0.05) is 4.88 Å². The lowest BCUT2D eigenvalue weighted by molar-refractivity contribution is 0.414. The highest BCUT2D eigenvalue weighted by Crippen LogP contribution is 2.18. The minimum Gasteiger partial charge on any atom is -0.508 e. The van der Waals surface area contributed by atoms with E-state index in [0.29, 0.717) is 23.5 Å². The minimum atomic E-state index is -0.155. The Balaban J connectivity index is -0.000000958. The molecule has 0 aliphatic rings. The summed E-state index contributed by atoms with van der Waals surface area (Å²) in [6.07, 6.45) is 9.20. The zero-order valence-electron chi connectivity index (χ0n) is 57.8. The van der Waals surface area contributed by atoms with Gasteiger partial charge < -0.3 is 14.6 Å². The van der Waals surface area contributed by atoms with Crippen LogP contribution in [-0.4, -0.2) is 19.3 Å². The predicted molar refractivity (Wildman–Crippen MR) is 402 cm³/mol. The fourth-order valence-electron chi connectivity index (χ4n) is 9.01. The average molecular weight is 1250 g/mol. The van der Waals surface area contributed by atoms with Crippen LogP contribution in [0.2, 0.25) is 0 Å². The molecule has 90 heavy (non-hydrogen) atoms. The third kappa shape index (κ3) is 48.4. The normalized spacial score (nSPS) is 10.1. The summed E-state index contributed by atoms with van der Waals surface area (Å²) in [5, 5.41) is 11.1. The molecular formula is C85H129FO3S. The first-order chi connectivity index (χ1) is 41.2. The van der Waals surface area contributed by atoms with Crippen molar-refractivity contribution in [1.82, 2.24) is 0 Å². The number of phenolic OH excluding ortho intramolecular Hbond substituents is 1. The van der Waals surface area contributed by atoms with Crippen molar-refractivity contribution in [3.8, 4) is 17.2 Å². The Labute approximate surface area is 558 Å². The molecule has 0 aliphatic carbocycles. The van der Waals surface area contributed by atoms with Crippen molar-refractivity contribution in [2.45, 2.75) is 198 Å². The van der Waals surface area contributed by atoms with Gasteiger partial charge in [-0.2, -0.15) is 0 Å². The fraction of sp³-hybridized carbons (Fsp3) is 0.459. The van der Waals surface area contributed by atoms with Crippen molar-refractivity contribution >= 4 is 11.3 Å². The van der Waals surface area contributed by atoms with Crippen molar-refractivity contribution in [1.29, 1.82) is 0 Å². The zero-order chi connectivity index (χ0) is 65.1. The lowest BCUT2D eigenvalue weighted by atomic mass is 10.0. The Morgan fingerprint density at radius 1 is 0.322 bits per heavy atom. The molecule has 3 nitrogen and oxygen atoms in total. The number of rotatable bonds is 18. The van der Waals surface area contributed by atoms with E-state index in [9.17, 15) is 4.39 Å². The van der Waals surface area contributed by atoms with Crippen LogP contribution in [0, 0.1) is 67.0 Å². The SMILES string of the molecule is C.C.C.CC(C)Cc1ccc(F)cc1.CC(C)Cc1ccc(O)cc1.CC(C)Cc1ccccc1.CC(C)Cc1cccs1.COc1ccc(CC(C)C)cc1.COc1cccc(CC(C)C)c1.Cc1ccc(CC(C)C)cc1.Cc1ccc(CC(C)C)cc1. The van der Waals surface area contributed by atoms with Crippen molar-refractivity contribution in [3.05, 3.63) is 254 Å². The second-order valence-electron chi connectivity index (χ2n) is 26.3. The molecule has 0 aliphatic heterocycles. The van der Waals surface area contributed by atoms with Crippen LogP contribution in [-0.2, 0) is 51.4 Å². The molecule has 0 bridgehead atoms. The molecule has 7 aromatic carbocycles. The van der Waals surface area contributed by atoms with E-state index in [1.165, 1.54) is 92.8 Å². The van der Waals surface area contributed by atoms with Gasteiger partial charge in [-0.1, -0.05) is 278 Å². The Morgan fingerprint density at radius 3 is 0.944 bits per heavy atom. The molecule has 5 heteroatoms. The molecule has 0 atom stereocenters. The summed E-state index contributed by atoms with van der Waals surface area (Å²) < 4.78 is 22.6. The average Bonchev–Trinajstić information content (AvgIpc) is 4.09. The van der Waals surface area contributed by atoms with Gasteiger partial charge in [0.05, 0.1) is 14.2 Å². The molecule has 0 unspecified atom stereocenters. The fourth-order valence-corrected chi connectivity index (χ4v) is 9.93. The quantitative estimate of drug-likeness (QED) is 0.0931. The van der Waals surface area contributed by atoms with E-state index in [2.05, 4.69) is 245 Å². The molecule has 500 valence electrons. The molecule has 1 aromatic heterocycles. The first-order valence-electron chi connectivity index (χ1n) is 32.2. The number of methoxy groups -OCH3 is 2.